The molecular formula is C8H16N2. The zero-order valence-corrected chi connectivity index (χ0v) is 6.85. The van der Waals surface area contributed by atoms with Gasteiger partial charge in [0.1, 0.15) is 0 Å². The Morgan fingerprint density at radius 3 is 2.00 bits per heavy atom. The van der Waals surface area contributed by atoms with Gasteiger partial charge in [-0.3, -0.25) is 0 Å². The highest BCUT2D eigenvalue weighted by Gasteiger charge is 2.58. The van der Waals surface area contributed by atoms with Crippen molar-refractivity contribution in [3.63, 3.8) is 0 Å². The van der Waals surface area contributed by atoms with Crippen molar-refractivity contribution in [1.29, 1.82) is 0 Å². The number of hydrogen-bond acceptors (Lipinski definition) is 2. The van der Waals surface area contributed by atoms with Crippen molar-refractivity contribution in [3.8, 4) is 0 Å². The Bertz CT molecular complexity index is 157. The summed E-state index contributed by atoms with van der Waals surface area (Å²) < 4.78 is 0. The van der Waals surface area contributed by atoms with Gasteiger partial charge in [-0.15, -0.1) is 0 Å². The Hall–Kier alpha value is -0.0800. The Morgan fingerprint density at radius 1 is 1.30 bits per heavy atom. The van der Waals surface area contributed by atoms with Crippen molar-refractivity contribution in [2.75, 3.05) is 20.1 Å². The van der Waals surface area contributed by atoms with Crippen molar-refractivity contribution >= 4 is 0 Å². The van der Waals surface area contributed by atoms with Gasteiger partial charge in [0.2, 0.25) is 0 Å². The van der Waals surface area contributed by atoms with Crippen molar-refractivity contribution < 1.29 is 0 Å². The second-order valence-corrected chi connectivity index (χ2v) is 4.37. The van der Waals surface area contributed by atoms with Gasteiger partial charge in [0.25, 0.3) is 0 Å². The predicted molar refractivity (Wildman–Crippen MR) is 41.8 cm³/mol. The highest BCUT2D eigenvalue weighted by Crippen LogP contribution is 2.53. The monoisotopic (exact) mass is 140 g/mol. The molecule has 0 aromatic rings. The van der Waals surface area contributed by atoms with Gasteiger partial charge < -0.3 is 10.6 Å². The molecule has 0 unspecified atom stereocenters. The molecule has 2 heteroatoms. The Kier molecular flexibility index (Phi) is 1.03. The first-order valence-corrected chi connectivity index (χ1v) is 4.03. The van der Waals surface area contributed by atoms with Crippen LogP contribution >= 0.6 is 0 Å². The molecular weight excluding hydrogens is 124 g/mol. The van der Waals surface area contributed by atoms with Gasteiger partial charge in [0.05, 0.1) is 0 Å². The largest absolute Gasteiger partial charge is 0.325 e. The van der Waals surface area contributed by atoms with E-state index < -0.39 is 0 Å². The lowest BCUT2D eigenvalue weighted by atomic mass is 9.52. The van der Waals surface area contributed by atoms with Gasteiger partial charge in [0, 0.05) is 24.0 Å². The summed E-state index contributed by atoms with van der Waals surface area (Å²) in [4.78, 5) is 2.35. The topological polar surface area (TPSA) is 29.3 Å². The molecule has 58 valence electrons. The average molecular weight is 140 g/mol. The molecule has 0 aromatic heterocycles. The Morgan fingerprint density at radius 2 is 1.90 bits per heavy atom. The summed E-state index contributed by atoms with van der Waals surface area (Å²) in [7, 11) is 2.17. The van der Waals surface area contributed by atoms with Crippen LogP contribution in [0.25, 0.3) is 0 Å². The minimum Gasteiger partial charge on any atom is -0.325 e. The lowest BCUT2D eigenvalue weighted by Gasteiger charge is -2.64. The van der Waals surface area contributed by atoms with E-state index in [4.69, 9.17) is 5.73 Å². The van der Waals surface area contributed by atoms with Crippen molar-refractivity contribution in [3.05, 3.63) is 0 Å². The maximum Gasteiger partial charge on any atom is 0.0207 e. The van der Waals surface area contributed by atoms with E-state index in [-0.39, 0.29) is 5.54 Å². The van der Waals surface area contributed by atoms with Crippen LogP contribution in [0.2, 0.25) is 0 Å². The summed E-state index contributed by atoms with van der Waals surface area (Å²) in [6.45, 7) is 4.64. The van der Waals surface area contributed by atoms with Crippen LogP contribution in [0, 0.1) is 5.41 Å². The second-order valence-electron chi connectivity index (χ2n) is 4.37. The highest BCUT2D eigenvalue weighted by molar-refractivity contribution is 5.15. The predicted octanol–water partition coefficient (Wildman–Crippen LogP) is 0.429. The first kappa shape index (κ1) is 6.62. The number of nitrogens with two attached hydrogens (primary N) is 1. The first-order valence-electron chi connectivity index (χ1n) is 4.03. The van der Waals surface area contributed by atoms with Crippen LogP contribution in [0.3, 0.4) is 0 Å². The van der Waals surface area contributed by atoms with E-state index in [0.717, 1.165) is 0 Å². The fourth-order valence-corrected chi connectivity index (χ4v) is 2.38. The van der Waals surface area contributed by atoms with Crippen LogP contribution < -0.4 is 5.73 Å². The van der Waals surface area contributed by atoms with E-state index in [0.29, 0.717) is 5.41 Å². The van der Waals surface area contributed by atoms with Gasteiger partial charge in [-0.2, -0.15) is 0 Å². The molecule has 2 rings (SSSR count). The lowest BCUT2D eigenvalue weighted by molar-refractivity contribution is -0.111. The second kappa shape index (κ2) is 1.56. The first-order chi connectivity index (χ1) is 4.56. The van der Waals surface area contributed by atoms with Crippen LogP contribution in [0.5, 0.6) is 0 Å². The molecule has 0 bridgehead atoms. The summed E-state index contributed by atoms with van der Waals surface area (Å²) in [5.74, 6) is 0. The van der Waals surface area contributed by atoms with Gasteiger partial charge in [-0.05, 0) is 26.8 Å². The lowest BCUT2D eigenvalue weighted by Crippen LogP contribution is -2.74. The molecule has 0 aromatic carbocycles. The Balaban J connectivity index is 2.07. The molecule has 1 aliphatic heterocycles. The SMILES string of the molecule is CN1CC2(CC[C@]2(C)N)C1. The minimum atomic E-state index is 0.152. The molecule has 2 aliphatic rings. The average Bonchev–Trinajstić information content (AvgIpc) is 1.78. The van der Waals surface area contributed by atoms with Crippen LogP contribution in [-0.4, -0.2) is 30.6 Å². The van der Waals surface area contributed by atoms with Crippen LogP contribution in [0.1, 0.15) is 19.8 Å². The molecule has 1 atom stereocenters. The maximum atomic E-state index is 6.10. The smallest absolute Gasteiger partial charge is 0.0207 e. The summed E-state index contributed by atoms with van der Waals surface area (Å²) in [6.07, 6.45) is 2.57. The molecule has 1 spiro atoms. The van der Waals surface area contributed by atoms with E-state index in [9.17, 15) is 0 Å². The zero-order chi connectivity index (χ0) is 7.41. The van der Waals surface area contributed by atoms with Crippen molar-refractivity contribution in [2.24, 2.45) is 11.1 Å². The molecule has 2 N–H and O–H groups in total. The fraction of sp³-hybridized carbons (Fsp3) is 1.00. The van der Waals surface area contributed by atoms with Gasteiger partial charge >= 0.3 is 0 Å². The summed E-state index contributed by atoms with van der Waals surface area (Å²) in [5.41, 5.74) is 6.77. The van der Waals surface area contributed by atoms with Gasteiger partial charge in [-0.1, -0.05) is 0 Å². The highest BCUT2D eigenvalue weighted by atomic mass is 15.2. The van der Waals surface area contributed by atoms with Gasteiger partial charge in [0.15, 0.2) is 0 Å². The normalized spacial score (nSPS) is 44.7. The molecule has 0 radical (unpaired) electrons. The molecule has 1 saturated carbocycles. The molecule has 1 aliphatic carbocycles. The molecule has 1 saturated heterocycles. The summed E-state index contributed by atoms with van der Waals surface area (Å²) in [5, 5.41) is 0. The Labute approximate surface area is 62.4 Å². The van der Waals surface area contributed by atoms with E-state index in [1.165, 1.54) is 25.9 Å². The van der Waals surface area contributed by atoms with Crippen molar-refractivity contribution in [1.82, 2.24) is 4.90 Å². The molecule has 1 heterocycles. The third-order valence-corrected chi connectivity index (χ3v) is 3.48. The van der Waals surface area contributed by atoms with Crippen molar-refractivity contribution in [2.45, 2.75) is 25.3 Å². The van der Waals surface area contributed by atoms with E-state index in [1.807, 2.05) is 0 Å². The van der Waals surface area contributed by atoms with E-state index in [1.54, 1.807) is 0 Å². The van der Waals surface area contributed by atoms with Crippen LogP contribution in [-0.2, 0) is 0 Å². The third-order valence-electron chi connectivity index (χ3n) is 3.48. The van der Waals surface area contributed by atoms with Crippen LogP contribution in [0.15, 0.2) is 0 Å². The summed E-state index contributed by atoms with van der Waals surface area (Å²) in [6, 6.07) is 0. The molecule has 2 fully saturated rings. The number of nitrogens with zero attached hydrogens (tertiary/aromatic N) is 1. The third kappa shape index (κ3) is 0.565. The number of rotatable bonds is 0. The quantitative estimate of drug-likeness (QED) is 0.528. The maximum absolute atomic E-state index is 6.10. The fourth-order valence-electron chi connectivity index (χ4n) is 2.38. The molecule has 2 nitrogen and oxygen atoms in total. The van der Waals surface area contributed by atoms with E-state index >= 15 is 0 Å². The molecule has 10 heavy (non-hydrogen) atoms. The van der Waals surface area contributed by atoms with Crippen LogP contribution in [0.4, 0.5) is 0 Å². The minimum absolute atomic E-state index is 0.152. The summed E-state index contributed by atoms with van der Waals surface area (Å²) >= 11 is 0. The number of hydrogen-bond donors (Lipinski definition) is 1. The zero-order valence-electron chi connectivity index (χ0n) is 6.85. The number of likely N-dealkylation sites (tertiary alicyclic amines) is 1. The molecule has 0 amide bonds. The standard InChI is InChI=1S/C8H16N2/c1-7(9)3-4-8(7)5-10(2)6-8/h3-6,9H2,1-2H3/t7-/m0/s1. The van der Waals surface area contributed by atoms with E-state index in [2.05, 4.69) is 18.9 Å². The van der Waals surface area contributed by atoms with Gasteiger partial charge in [-0.25, -0.2) is 0 Å².